The molecule has 1 aromatic rings. The molecule has 0 atom stereocenters. The predicted molar refractivity (Wildman–Crippen MR) is 65.4 cm³/mol. The van der Waals surface area contributed by atoms with Crippen LogP contribution in [-0.4, -0.2) is 11.6 Å². The Hall–Kier alpha value is -1.08. The smallest absolute Gasteiger partial charge is 0.292 e. The van der Waals surface area contributed by atoms with Crippen LogP contribution in [0.1, 0.15) is 36.7 Å². The molecule has 19 heavy (non-hydrogen) atoms. The third kappa shape index (κ3) is 4.83. The molecule has 0 amide bonds. The van der Waals surface area contributed by atoms with Crippen LogP contribution in [0.5, 0.6) is 0 Å². The fourth-order valence-electron chi connectivity index (χ4n) is 1.14. The average Bonchev–Trinajstić information content (AvgIpc) is 2.23. The lowest BCUT2D eigenvalue weighted by molar-refractivity contribution is -0.301. The van der Waals surface area contributed by atoms with Gasteiger partial charge in [-0.2, -0.15) is 18.1 Å². The topological polar surface area (TPSA) is 35.5 Å². The molecule has 0 fully saturated rings. The first-order chi connectivity index (χ1) is 8.50. The minimum Gasteiger partial charge on any atom is -0.292 e. The van der Waals surface area contributed by atoms with E-state index in [0.29, 0.717) is 0 Å². The largest absolute Gasteiger partial charge is 0.417 e. The normalized spacial score (nSPS) is 12.4. The number of alkyl halides is 3. The Balaban J connectivity index is 3.03. The van der Waals surface area contributed by atoms with Crippen LogP contribution in [0.15, 0.2) is 22.7 Å². The molecule has 0 aliphatic heterocycles. The van der Waals surface area contributed by atoms with Gasteiger partial charge < -0.3 is 0 Å². The van der Waals surface area contributed by atoms with Gasteiger partial charge in [-0.1, -0.05) is 15.9 Å². The SMILES string of the molecule is CC(C)(C)OOC(=O)c1ccc(Br)cc1C(F)(F)F. The summed E-state index contributed by atoms with van der Waals surface area (Å²) < 4.78 is 38.6. The molecule has 0 saturated carbocycles. The van der Waals surface area contributed by atoms with Gasteiger partial charge in [-0.15, -0.1) is 0 Å². The molecule has 0 unspecified atom stereocenters. The van der Waals surface area contributed by atoms with Gasteiger partial charge in [-0.3, -0.25) is 4.89 Å². The summed E-state index contributed by atoms with van der Waals surface area (Å²) in [6.45, 7) is 4.81. The summed E-state index contributed by atoms with van der Waals surface area (Å²) in [6.07, 6.45) is -4.65. The van der Waals surface area contributed by atoms with E-state index in [2.05, 4.69) is 20.8 Å². The Labute approximate surface area is 116 Å². The summed E-state index contributed by atoms with van der Waals surface area (Å²) >= 11 is 2.93. The Morgan fingerprint density at radius 1 is 1.21 bits per heavy atom. The highest BCUT2D eigenvalue weighted by Crippen LogP contribution is 2.34. The average molecular weight is 341 g/mol. The maximum absolute atomic E-state index is 12.8. The van der Waals surface area contributed by atoms with Gasteiger partial charge in [0.2, 0.25) is 0 Å². The van der Waals surface area contributed by atoms with E-state index in [1.165, 1.54) is 6.07 Å². The summed E-state index contributed by atoms with van der Waals surface area (Å²) in [4.78, 5) is 20.7. The van der Waals surface area contributed by atoms with Gasteiger partial charge in [0, 0.05) is 4.47 Å². The van der Waals surface area contributed by atoms with Crippen molar-refractivity contribution in [3.8, 4) is 0 Å². The second-order valence-corrected chi connectivity index (χ2v) is 5.67. The molecule has 0 aliphatic carbocycles. The van der Waals surface area contributed by atoms with E-state index in [1.807, 2.05) is 0 Å². The number of rotatable bonds is 2. The van der Waals surface area contributed by atoms with Crippen molar-refractivity contribution in [3.63, 3.8) is 0 Å². The summed E-state index contributed by atoms with van der Waals surface area (Å²) in [7, 11) is 0. The van der Waals surface area contributed by atoms with E-state index in [-0.39, 0.29) is 4.47 Å². The molecule has 0 bridgehead atoms. The minimum atomic E-state index is -4.65. The number of hydrogen-bond acceptors (Lipinski definition) is 3. The molecule has 1 aromatic carbocycles. The second-order valence-electron chi connectivity index (χ2n) is 4.75. The lowest BCUT2D eigenvalue weighted by atomic mass is 10.1. The fourth-order valence-corrected chi connectivity index (χ4v) is 1.50. The fraction of sp³-hybridized carbons (Fsp3) is 0.417. The first-order valence-corrected chi connectivity index (χ1v) is 6.07. The van der Waals surface area contributed by atoms with Gasteiger partial charge >= 0.3 is 12.1 Å². The standard InChI is InChI=1S/C12H12BrF3O3/c1-11(2,3)19-18-10(17)8-5-4-7(13)6-9(8)12(14,15)16/h4-6H,1-3H3. The van der Waals surface area contributed by atoms with E-state index >= 15 is 0 Å². The summed E-state index contributed by atoms with van der Waals surface area (Å²) in [5, 5.41) is 0. The first kappa shape index (κ1) is 16.0. The maximum Gasteiger partial charge on any atom is 0.417 e. The van der Waals surface area contributed by atoms with Crippen molar-refractivity contribution >= 4 is 21.9 Å². The van der Waals surface area contributed by atoms with Crippen LogP contribution in [0.2, 0.25) is 0 Å². The predicted octanol–water partition coefficient (Wildman–Crippen LogP) is 4.35. The summed E-state index contributed by atoms with van der Waals surface area (Å²) in [5.74, 6) is -1.19. The highest BCUT2D eigenvalue weighted by atomic mass is 79.9. The van der Waals surface area contributed by atoms with Gasteiger partial charge in [0.1, 0.15) is 5.60 Å². The van der Waals surface area contributed by atoms with Gasteiger partial charge in [0.05, 0.1) is 11.1 Å². The Kier molecular flexibility index (Phi) is 4.63. The van der Waals surface area contributed by atoms with Crippen molar-refractivity contribution < 1.29 is 27.7 Å². The zero-order valence-electron chi connectivity index (χ0n) is 10.5. The molecule has 1 rings (SSSR count). The van der Waals surface area contributed by atoms with Crippen molar-refractivity contribution in [2.45, 2.75) is 32.5 Å². The van der Waals surface area contributed by atoms with Crippen molar-refractivity contribution in [2.75, 3.05) is 0 Å². The molecule has 0 saturated heterocycles. The zero-order chi connectivity index (χ0) is 14.8. The molecular weight excluding hydrogens is 329 g/mol. The maximum atomic E-state index is 12.8. The van der Waals surface area contributed by atoms with Crippen molar-refractivity contribution in [1.29, 1.82) is 0 Å². The lowest BCUT2D eigenvalue weighted by Gasteiger charge is -2.18. The third-order valence-corrected chi connectivity index (χ3v) is 2.37. The number of carbonyl (C=O) groups excluding carboxylic acids is 1. The highest BCUT2D eigenvalue weighted by molar-refractivity contribution is 9.10. The van der Waals surface area contributed by atoms with E-state index in [1.54, 1.807) is 20.8 Å². The van der Waals surface area contributed by atoms with Gasteiger partial charge in [-0.25, -0.2) is 4.79 Å². The minimum absolute atomic E-state index is 0.216. The van der Waals surface area contributed by atoms with Crippen LogP contribution in [0.3, 0.4) is 0 Å². The molecule has 106 valence electrons. The molecule has 0 heterocycles. The van der Waals surface area contributed by atoms with E-state index in [0.717, 1.165) is 12.1 Å². The number of hydrogen-bond donors (Lipinski definition) is 0. The summed E-state index contributed by atoms with van der Waals surface area (Å²) in [6, 6.07) is 3.16. The van der Waals surface area contributed by atoms with Crippen LogP contribution < -0.4 is 0 Å². The van der Waals surface area contributed by atoms with E-state index in [9.17, 15) is 18.0 Å². The molecule has 0 aliphatic rings. The molecule has 0 aromatic heterocycles. The van der Waals surface area contributed by atoms with E-state index < -0.39 is 28.9 Å². The molecular formula is C12H12BrF3O3. The Morgan fingerprint density at radius 3 is 2.26 bits per heavy atom. The molecule has 7 heteroatoms. The van der Waals surface area contributed by atoms with Gasteiger partial charge in [0.25, 0.3) is 0 Å². The Morgan fingerprint density at radius 2 is 1.79 bits per heavy atom. The van der Waals surface area contributed by atoms with Gasteiger partial charge in [0.15, 0.2) is 0 Å². The third-order valence-electron chi connectivity index (χ3n) is 1.87. The van der Waals surface area contributed by atoms with Crippen LogP contribution in [0.25, 0.3) is 0 Å². The Bertz CT molecular complexity index is 478. The number of halogens is 4. The van der Waals surface area contributed by atoms with Crippen LogP contribution >= 0.6 is 15.9 Å². The monoisotopic (exact) mass is 340 g/mol. The quantitative estimate of drug-likeness (QED) is 0.592. The number of carbonyl (C=O) groups is 1. The number of benzene rings is 1. The van der Waals surface area contributed by atoms with Crippen LogP contribution in [0, 0.1) is 0 Å². The van der Waals surface area contributed by atoms with Crippen molar-refractivity contribution in [1.82, 2.24) is 0 Å². The highest BCUT2D eigenvalue weighted by Gasteiger charge is 2.36. The zero-order valence-corrected chi connectivity index (χ0v) is 12.1. The molecule has 3 nitrogen and oxygen atoms in total. The van der Waals surface area contributed by atoms with Crippen molar-refractivity contribution in [2.24, 2.45) is 0 Å². The first-order valence-electron chi connectivity index (χ1n) is 5.27. The van der Waals surface area contributed by atoms with Crippen LogP contribution in [-0.2, 0) is 16.0 Å². The second kappa shape index (κ2) is 5.50. The molecule has 0 spiro atoms. The molecule has 0 radical (unpaired) electrons. The van der Waals surface area contributed by atoms with Gasteiger partial charge in [-0.05, 0) is 39.0 Å². The van der Waals surface area contributed by atoms with Crippen LogP contribution in [0.4, 0.5) is 13.2 Å². The summed E-state index contributed by atoms with van der Waals surface area (Å²) in [5.41, 5.74) is -2.48. The lowest BCUT2D eigenvalue weighted by Crippen LogP contribution is -2.23. The van der Waals surface area contributed by atoms with Crippen molar-refractivity contribution in [3.05, 3.63) is 33.8 Å². The molecule has 0 N–H and O–H groups in total. The van der Waals surface area contributed by atoms with E-state index in [4.69, 9.17) is 4.89 Å².